The Balaban J connectivity index is 0.00000242. The fourth-order valence-corrected chi connectivity index (χ4v) is 2.98. The topological polar surface area (TPSA) is 45.7 Å². The quantitative estimate of drug-likeness (QED) is 0.270. The largest absolute Gasteiger partial charge is 0.379 e. The van der Waals surface area contributed by atoms with Gasteiger partial charge in [0.05, 0.1) is 6.61 Å². The zero-order valence-corrected chi connectivity index (χ0v) is 16.7. The lowest BCUT2D eigenvalue weighted by molar-refractivity contribution is 0.129. The predicted molar refractivity (Wildman–Crippen MR) is 106 cm³/mol. The number of ether oxygens (including phenoxy) is 1. The van der Waals surface area contributed by atoms with E-state index in [1.54, 1.807) is 0 Å². The molecule has 1 fully saturated rings. The first kappa shape index (κ1) is 19.7. The second kappa shape index (κ2) is 11.2. The van der Waals surface area contributed by atoms with Gasteiger partial charge in [-0.25, -0.2) is 0 Å². The summed E-state index contributed by atoms with van der Waals surface area (Å²) in [5.41, 5.74) is 0. The molecule has 1 aromatic heterocycles. The van der Waals surface area contributed by atoms with Gasteiger partial charge in [-0.05, 0) is 42.5 Å². The standard InChI is InChI=1S/C16H27N3OS.HI/c1-13(10-15-4-3-9-21-15)11-19-16(17-2)18-7-8-20-12-14-5-6-14;/h3-4,9,13-14H,5-8,10-12H2,1-2H3,(H2,17,18,19);1H. The van der Waals surface area contributed by atoms with Crippen molar-refractivity contribution in [3.8, 4) is 0 Å². The van der Waals surface area contributed by atoms with Crippen LogP contribution in [0.25, 0.3) is 0 Å². The van der Waals surface area contributed by atoms with Crippen LogP contribution in [-0.4, -0.2) is 39.3 Å². The third-order valence-corrected chi connectivity index (χ3v) is 4.46. The fraction of sp³-hybridized carbons (Fsp3) is 0.688. The maximum absolute atomic E-state index is 5.60. The molecule has 126 valence electrons. The molecule has 0 aliphatic heterocycles. The molecule has 1 heterocycles. The van der Waals surface area contributed by atoms with Crippen molar-refractivity contribution in [3.05, 3.63) is 22.4 Å². The molecule has 1 aliphatic carbocycles. The molecule has 1 aromatic rings. The van der Waals surface area contributed by atoms with Gasteiger partial charge in [-0.15, -0.1) is 35.3 Å². The van der Waals surface area contributed by atoms with E-state index in [-0.39, 0.29) is 24.0 Å². The Morgan fingerprint density at radius 3 is 2.91 bits per heavy atom. The lowest BCUT2D eigenvalue weighted by Gasteiger charge is -2.15. The first-order chi connectivity index (χ1) is 10.3. The first-order valence-corrected chi connectivity index (χ1v) is 8.70. The third-order valence-electron chi connectivity index (χ3n) is 3.56. The molecule has 2 rings (SSSR count). The molecule has 1 aliphatic rings. The number of nitrogens with one attached hydrogen (secondary N) is 2. The lowest BCUT2D eigenvalue weighted by atomic mass is 10.1. The molecule has 22 heavy (non-hydrogen) atoms. The molecule has 0 saturated heterocycles. The number of halogens is 1. The fourth-order valence-electron chi connectivity index (χ4n) is 2.11. The smallest absolute Gasteiger partial charge is 0.191 e. The van der Waals surface area contributed by atoms with E-state index in [1.165, 1.54) is 17.7 Å². The summed E-state index contributed by atoms with van der Waals surface area (Å²) in [6.45, 7) is 5.68. The number of hydrogen-bond acceptors (Lipinski definition) is 3. The molecule has 0 aromatic carbocycles. The number of guanidine groups is 1. The predicted octanol–water partition coefficient (Wildman–Crippen LogP) is 3.14. The van der Waals surface area contributed by atoms with Crippen molar-refractivity contribution in [2.75, 3.05) is 33.4 Å². The molecule has 0 spiro atoms. The molecule has 0 radical (unpaired) electrons. The van der Waals surface area contributed by atoms with Gasteiger partial charge in [0.15, 0.2) is 5.96 Å². The highest BCUT2D eigenvalue weighted by atomic mass is 127. The number of hydrogen-bond donors (Lipinski definition) is 2. The third kappa shape index (κ3) is 8.33. The van der Waals surface area contributed by atoms with Crippen LogP contribution in [-0.2, 0) is 11.2 Å². The molecule has 0 bridgehead atoms. The second-order valence-electron chi connectivity index (χ2n) is 5.79. The zero-order valence-electron chi connectivity index (χ0n) is 13.5. The van der Waals surface area contributed by atoms with Crippen molar-refractivity contribution in [1.82, 2.24) is 10.6 Å². The average Bonchev–Trinajstić information content (AvgIpc) is 3.17. The number of thiophene rings is 1. The van der Waals surface area contributed by atoms with Crippen molar-refractivity contribution in [2.24, 2.45) is 16.8 Å². The Morgan fingerprint density at radius 2 is 2.27 bits per heavy atom. The monoisotopic (exact) mass is 437 g/mol. The highest BCUT2D eigenvalue weighted by Crippen LogP contribution is 2.28. The average molecular weight is 437 g/mol. The SMILES string of the molecule is CN=C(NCCOCC1CC1)NCC(C)Cc1cccs1.I. The van der Waals surface area contributed by atoms with Crippen molar-refractivity contribution in [1.29, 1.82) is 0 Å². The zero-order chi connectivity index (χ0) is 14.9. The summed E-state index contributed by atoms with van der Waals surface area (Å²) in [5.74, 6) is 2.29. The summed E-state index contributed by atoms with van der Waals surface area (Å²) in [7, 11) is 1.81. The first-order valence-electron chi connectivity index (χ1n) is 7.82. The summed E-state index contributed by atoms with van der Waals surface area (Å²) < 4.78 is 5.60. The van der Waals surface area contributed by atoms with E-state index < -0.39 is 0 Å². The highest BCUT2D eigenvalue weighted by molar-refractivity contribution is 14.0. The second-order valence-corrected chi connectivity index (χ2v) is 6.82. The summed E-state index contributed by atoms with van der Waals surface area (Å²) >= 11 is 1.83. The number of rotatable bonds is 9. The Labute approximate surface area is 155 Å². The van der Waals surface area contributed by atoms with Crippen LogP contribution in [0.3, 0.4) is 0 Å². The van der Waals surface area contributed by atoms with E-state index in [4.69, 9.17) is 4.74 Å². The summed E-state index contributed by atoms with van der Waals surface area (Å²) in [6.07, 6.45) is 3.81. The normalized spacial score (nSPS) is 16.0. The molecule has 4 nitrogen and oxygen atoms in total. The van der Waals surface area contributed by atoms with Gasteiger partial charge in [0.25, 0.3) is 0 Å². The molecule has 1 saturated carbocycles. The van der Waals surface area contributed by atoms with Crippen molar-refractivity contribution < 1.29 is 4.74 Å². The Morgan fingerprint density at radius 1 is 1.45 bits per heavy atom. The van der Waals surface area contributed by atoms with E-state index in [0.717, 1.165) is 44.6 Å². The molecule has 2 N–H and O–H groups in total. The molecule has 6 heteroatoms. The van der Waals surface area contributed by atoms with Crippen LogP contribution in [0.5, 0.6) is 0 Å². The van der Waals surface area contributed by atoms with Gasteiger partial charge in [-0.2, -0.15) is 0 Å². The summed E-state index contributed by atoms with van der Waals surface area (Å²) in [6, 6.07) is 4.31. The highest BCUT2D eigenvalue weighted by Gasteiger charge is 2.20. The van der Waals surface area contributed by atoms with Crippen molar-refractivity contribution >= 4 is 41.3 Å². The summed E-state index contributed by atoms with van der Waals surface area (Å²) in [4.78, 5) is 5.69. The minimum atomic E-state index is 0. The molecular formula is C16H28IN3OS. The van der Waals surface area contributed by atoms with Crippen molar-refractivity contribution in [3.63, 3.8) is 0 Å². The number of nitrogens with zero attached hydrogens (tertiary/aromatic N) is 1. The molecule has 1 unspecified atom stereocenters. The van der Waals surface area contributed by atoms with Gasteiger partial charge in [0.1, 0.15) is 0 Å². The minimum absolute atomic E-state index is 0. The van der Waals surface area contributed by atoms with E-state index in [9.17, 15) is 0 Å². The maximum Gasteiger partial charge on any atom is 0.191 e. The van der Waals surface area contributed by atoms with E-state index in [0.29, 0.717) is 5.92 Å². The number of aliphatic imine (C=N–C) groups is 1. The van der Waals surface area contributed by atoms with Gasteiger partial charge in [-0.3, -0.25) is 4.99 Å². The lowest BCUT2D eigenvalue weighted by Crippen LogP contribution is -2.41. The van der Waals surface area contributed by atoms with Gasteiger partial charge < -0.3 is 15.4 Å². The molecular weight excluding hydrogens is 409 g/mol. The Hall–Kier alpha value is -0.340. The van der Waals surface area contributed by atoms with Gasteiger partial charge in [0.2, 0.25) is 0 Å². The van der Waals surface area contributed by atoms with Gasteiger partial charge >= 0.3 is 0 Å². The van der Waals surface area contributed by atoms with Gasteiger partial charge in [0, 0.05) is 31.6 Å². The van der Waals surface area contributed by atoms with Gasteiger partial charge in [-0.1, -0.05) is 13.0 Å². The van der Waals surface area contributed by atoms with E-state index in [1.807, 2.05) is 18.4 Å². The minimum Gasteiger partial charge on any atom is -0.379 e. The van der Waals surface area contributed by atoms with E-state index in [2.05, 4.69) is 40.1 Å². The summed E-state index contributed by atoms with van der Waals surface area (Å²) in [5, 5.41) is 8.81. The van der Waals surface area contributed by atoms with Crippen LogP contribution in [0.1, 0.15) is 24.6 Å². The molecule has 0 amide bonds. The van der Waals surface area contributed by atoms with Crippen LogP contribution < -0.4 is 10.6 Å². The van der Waals surface area contributed by atoms with E-state index >= 15 is 0 Å². The van der Waals surface area contributed by atoms with Crippen molar-refractivity contribution in [2.45, 2.75) is 26.2 Å². The Kier molecular flexibility index (Phi) is 10.1. The van der Waals surface area contributed by atoms with Crippen LogP contribution in [0.4, 0.5) is 0 Å². The van der Waals surface area contributed by atoms with Crippen LogP contribution in [0.15, 0.2) is 22.5 Å². The van der Waals surface area contributed by atoms with Crippen LogP contribution >= 0.6 is 35.3 Å². The van der Waals surface area contributed by atoms with Crippen LogP contribution in [0.2, 0.25) is 0 Å². The Bertz CT molecular complexity index is 421. The van der Waals surface area contributed by atoms with Crippen LogP contribution in [0, 0.1) is 11.8 Å². The maximum atomic E-state index is 5.60. The molecule has 1 atom stereocenters.